The van der Waals surface area contributed by atoms with E-state index >= 15 is 4.39 Å². The van der Waals surface area contributed by atoms with Gasteiger partial charge in [0.15, 0.2) is 0 Å². The standard InChI is InChI=1S/C37H40F2N6O4/c1-4-33(47)44-10-11-45-31(22(44)2)19-30(42-45)37-34(35-28(39)17-25(38)18-32(35)49-15-14-48-3)26-6-5-7-27(26)36(41-37)23-16-24-21-43(12-13-46)9-8-29(24)40-20-23/h4,16-20,22,46H,1,5-15,21H2,2-3H3. The summed E-state index contributed by atoms with van der Waals surface area (Å²) in [6.45, 7) is 9.09. The molecule has 1 N–H and O–H groups in total. The lowest BCUT2D eigenvalue weighted by molar-refractivity contribution is -0.129. The van der Waals surface area contributed by atoms with E-state index in [1.54, 1.807) is 4.90 Å². The molecule has 7 rings (SSSR count). The zero-order chi connectivity index (χ0) is 34.2. The number of benzene rings is 1. The summed E-state index contributed by atoms with van der Waals surface area (Å²) in [5.74, 6) is -1.59. The van der Waals surface area contributed by atoms with Crippen LogP contribution in [0, 0.1) is 11.6 Å². The van der Waals surface area contributed by atoms with Crippen molar-refractivity contribution in [3.8, 4) is 39.5 Å². The Morgan fingerprint density at radius 2 is 1.90 bits per heavy atom. The lowest BCUT2D eigenvalue weighted by Gasteiger charge is -2.33. The number of rotatable bonds is 10. The summed E-state index contributed by atoms with van der Waals surface area (Å²) in [5, 5.41) is 14.5. The van der Waals surface area contributed by atoms with Crippen molar-refractivity contribution in [2.24, 2.45) is 0 Å². The molecule has 0 spiro atoms. The van der Waals surface area contributed by atoms with Crippen molar-refractivity contribution >= 4 is 5.91 Å². The molecule has 4 aromatic rings. The maximum atomic E-state index is 16.2. The van der Waals surface area contributed by atoms with Crippen LogP contribution in [-0.2, 0) is 41.9 Å². The van der Waals surface area contributed by atoms with Crippen LogP contribution in [0.3, 0.4) is 0 Å². The first-order valence-corrected chi connectivity index (χ1v) is 16.8. The highest BCUT2D eigenvalue weighted by Gasteiger charge is 2.33. The summed E-state index contributed by atoms with van der Waals surface area (Å²) >= 11 is 0. The second-order valence-corrected chi connectivity index (χ2v) is 12.8. The summed E-state index contributed by atoms with van der Waals surface area (Å²) < 4.78 is 43.9. The molecule has 1 atom stereocenters. The molecule has 49 heavy (non-hydrogen) atoms. The molecule has 0 radical (unpaired) electrons. The van der Waals surface area contributed by atoms with E-state index in [1.165, 1.54) is 19.3 Å². The average Bonchev–Trinajstić information content (AvgIpc) is 3.76. The SMILES string of the molecule is C=CC(=O)N1CCn2nc(-c3nc(-c4cnc5c(c4)CN(CCO)CC5)c4c(c3-c3c(F)cc(F)cc3OCCOC)CCC4)cc2C1C. The third-order valence-corrected chi connectivity index (χ3v) is 9.85. The highest BCUT2D eigenvalue weighted by atomic mass is 19.1. The number of halogens is 2. The van der Waals surface area contributed by atoms with Gasteiger partial charge >= 0.3 is 0 Å². The van der Waals surface area contributed by atoms with E-state index in [0.717, 1.165) is 71.2 Å². The summed E-state index contributed by atoms with van der Waals surface area (Å²) in [5.41, 5.74) is 8.11. The lowest BCUT2D eigenvalue weighted by atomic mass is 9.90. The Bertz CT molecular complexity index is 1930. The molecular formula is C37H40F2N6O4. The number of hydrogen-bond acceptors (Lipinski definition) is 8. The minimum Gasteiger partial charge on any atom is -0.490 e. The van der Waals surface area contributed by atoms with Crippen LogP contribution in [0.25, 0.3) is 33.8 Å². The molecule has 3 aliphatic rings. The molecule has 0 bridgehead atoms. The van der Waals surface area contributed by atoms with Crippen molar-refractivity contribution in [1.29, 1.82) is 0 Å². The van der Waals surface area contributed by atoms with Gasteiger partial charge in [0.05, 0.1) is 48.4 Å². The van der Waals surface area contributed by atoms with Gasteiger partial charge in [0.25, 0.3) is 0 Å². The predicted molar refractivity (Wildman–Crippen MR) is 180 cm³/mol. The number of aliphatic hydroxyl groups is 1. The van der Waals surface area contributed by atoms with E-state index in [4.69, 9.17) is 24.5 Å². The Morgan fingerprint density at radius 3 is 2.69 bits per heavy atom. The van der Waals surface area contributed by atoms with Gasteiger partial charge in [-0.1, -0.05) is 6.58 Å². The van der Waals surface area contributed by atoms with Crippen molar-refractivity contribution in [3.05, 3.63) is 82.8 Å². The largest absolute Gasteiger partial charge is 0.490 e. The van der Waals surface area contributed by atoms with Gasteiger partial charge in [0.2, 0.25) is 5.91 Å². The van der Waals surface area contributed by atoms with Crippen LogP contribution in [0.1, 0.15) is 47.5 Å². The number of fused-ring (bicyclic) bond motifs is 3. The Morgan fingerprint density at radius 1 is 1.06 bits per heavy atom. The number of β-amino-alcohol motifs (C(OH)–C–C–N with tert-alkyl or cyclic N) is 1. The summed E-state index contributed by atoms with van der Waals surface area (Å²) in [7, 11) is 1.54. The highest BCUT2D eigenvalue weighted by molar-refractivity contribution is 5.90. The van der Waals surface area contributed by atoms with Crippen molar-refractivity contribution in [3.63, 3.8) is 0 Å². The molecule has 1 aromatic carbocycles. The third kappa shape index (κ3) is 6.13. The van der Waals surface area contributed by atoms with Crippen molar-refractivity contribution < 1.29 is 28.2 Å². The Hall–Kier alpha value is -4.52. The lowest BCUT2D eigenvalue weighted by Crippen LogP contribution is -2.40. The zero-order valence-corrected chi connectivity index (χ0v) is 27.8. The molecule has 3 aromatic heterocycles. The topological polar surface area (TPSA) is 106 Å². The van der Waals surface area contributed by atoms with Gasteiger partial charge in [-0.25, -0.2) is 13.8 Å². The Kier molecular flexibility index (Phi) is 9.27. The van der Waals surface area contributed by atoms with Gasteiger partial charge in [-0.3, -0.25) is 19.4 Å². The second-order valence-electron chi connectivity index (χ2n) is 12.8. The maximum Gasteiger partial charge on any atom is 0.246 e. The molecule has 1 unspecified atom stereocenters. The Labute approximate surface area is 284 Å². The zero-order valence-electron chi connectivity index (χ0n) is 27.8. The minimum absolute atomic E-state index is 0.0685. The van der Waals surface area contributed by atoms with Gasteiger partial charge in [-0.15, -0.1) is 0 Å². The molecule has 12 heteroatoms. The van der Waals surface area contributed by atoms with Gasteiger partial charge in [0.1, 0.15) is 29.7 Å². The molecule has 5 heterocycles. The van der Waals surface area contributed by atoms with E-state index in [9.17, 15) is 14.3 Å². The van der Waals surface area contributed by atoms with Gasteiger partial charge in [0, 0.05) is 74.9 Å². The van der Waals surface area contributed by atoms with E-state index in [1.807, 2.05) is 23.9 Å². The van der Waals surface area contributed by atoms with Crippen LogP contribution < -0.4 is 4.74 Å². The first kappa shape index (κ1) is 33.0. The summed E-state index contributed by atoms with van der Waals surface area (Å²) in [4.78, 5) is 26.8. The molecule has 0 saturated carbocycles. The fourth-order valence-corrected chi connectivity index (χ4v) is 7.48. The van der Waals surface area contributed by atoms with E-state index in [2.05, 4.69) is 17.5 Å². The molecule has 0 saturated heterocycles. The van der Waals surface area contributed by atoms with E-state index < -0.39 is 11.6 Å². The first-order valence-electron chi connectivity index (χ1n) is 16.8. The number of aromatic nitrogens is 4. The Balaban J connectivity index is 1.44. The number of hydrogen-bond donors (Lipinski definition) is 1. The number of aliphatic hydroxyl groups excluding tert-OH is 1. The minimum atomic E-state index is -0.753. The molecule has 2 aliphatic heterocycles. The van der Waals surface area contributed by atoms with Crippen molar-refractivity contribution in [1.82, 2.24) is 29.5 Å². The molecule has 1 aliphatic carbocycles. The molecule has 0 fully saturated rings. The van der Waals surface area contributed by atoms with Gasteiger partial charge in [-0.05, 0) is 61.1 Å². The summed E-state index contributed by atoms with van der Waals surface area (Å²) in [6, 6.07) is 5.85. The van der Waals surface area contributed by atoms with Gasteiger partial charge in [-0.2, -0.15) is 5.10 Å². The number of methoxy groups -OCH3 is 1. The van der Waals surface area contributed by atoms with Crippen LogP contribution in [0.15, 0.2) is 43.1 Å². The molecular weight excluding hydrogens is 630 g/mol. The van der Waals surface area contributed by atoms with E-state index in [0.29, 0.717) is 49.6 Å². The second kappa shape index (κ2) is 13.8. The maximum absolute atomic E-state index is 16.2. The van der Waals surface area contributed by atoms with Crippen LogP contribution in [-0.4, -0.2) is 87.1 Å². The highest BCUT2D eigenvalue weighted by Crippen LogP contribution is 2.47. The van der Waals surface area contributed by atoms with Crippen molar-refractivity contribution in [2.45, 2.75) is 51.7 Å². The third-order valence-electron chi connectivity index (χ3n) is 9.85. The van der Waals surface area contributed by atoms with Crippen LogP contribution in [0.2, 0.25) is 0 Å². The number of amides is 1. The van der Waals surface area contributed by atoms with Crippen LogP contribution in [0.5, 0.6) is 5.75 Å². The molecule has 256 valence electrons. The number of ether oxygens (including phenoxy) is 2. The van der Waals surface area contributed by atoms with Crippen LogP contribution >= 0.6 is 0 Å². The van der Waals surface area contributed by atoms with Crippen LogP contribution in [0.4, 0.5) is 8.78 Å². The fraction of sp³-hybridized carbons (Fsp3) is 0.405. The molecule has 1 amide bonds. The number of nitrogens with zero attached hydrogens (tertiary/aromatic N) is 6. The fourth-order valence-electron chi connectivity index (χ4n) is 7.48. The van der Waals surface area contributed by atoms with Crippen molar-refractivity contribution in [2.75, 3.05) is 46.6 Å². The monoisotopic (exact) mass is 670 g/mol. The number of pyridine rings is 2. The normalized spacial score (nSPS) is 17.1. The summed E-state index contributed by atoms with van der Waals surface area (Å²) in [6.07, 6.45) is 6.20. The first-order chi connectivity index (χ1) is 23.8. The predicted octanol–water partition coefficient (Wildman–Crippen LogP) is 4.91. The quantitative estimate of drug-likeness (QED) is 0.188. The van der Waals surface area contributed by atoms with Gasteiger partial charge < -0.3 is 19.5 Å². The molecule has 10 nitrogen and oxygen atoms in total. The van der Waals surface area contributed by atoms with E-state index in [-0.39, 0.29) is 43.1 Å². The number of carbonyl (C=O) groups excluding carboxylic acids is 1. The number of carbonyl (C=O) groups is 1. The smallest absolute Gasteiger partial charge is 0.246 e. The average molecular weight is 671 g/mol.